The standard InChI is InChI=1S/C16H18N2O3/c19-13-8-6-12(7-9-13)18-15(11-4-2-1-3-5-11)14(10-17-18)16(20)21/h6-11,19H,1-5H2,(H,20,21). The third-order valence-electron chi connectivity index (χ3n) is 4.12. The Morgan fingerprint density at radius 3 is 2.43 bits per heavy atom. The third kappa shape index (κ3) is 2.63. The predicted molar refractivity (Wildman–Crippen MR) is 78.0 cm³/mol. The van der Waals surface area contributed by atoms with E-state index in [1.807, 2.05) is 0 Å². The van der Waals surface area contributed by atoms with Gasteiger partial charge < -0.3 is 10.2 Å². The lowest BCUT2D eigenvalue weighted by atomic mass is 9.85. The van der Waals surface area contributed by atoms with Gasteiger partial charge in [-0.25, -0.2) is 9.48 Å². The molecule has 1 heterocycles. The van der Waals surface area contributed by atoms with Crippen molar-refractivity contribution in [3.05, 3.63) is 41.7 Å². The maximum absolute atomic E-state index is 11.5. The van der Waals surface area contributed by atoms with Crippen LogP contribution in [0, 0.1) is 0 Å². The zero-order valence-electron chi connectivity index (χ0n) is 11.7. The Kier molecular flexibility index (Phi) is 3.64. The Hall–Kier alpha value is -2.30. The van der Waals surface area contributed by atoms with Crippen LogP contribution in [0.15, 0.2) is 30.5 Å². The zero-order chi connectivity index (χ0) is 14.8. The van der Waals surface area contributed by atoms with Crippen LogP contribution in [0.5, 0.6) is 5.75 Å². The lowest BCUT2D eigenvalue weighted by Crippen LogP contribution is -2.14. The van der Waals surface area contributed by atoms with Crippen molar-refractivity contribution in [2.24, 2.45) is 0 Å². The van der Waals surface area contributed by atoms with Crippen molar-refractivity contribution >= 4 is 5.97 Å². The zero-order valence-corrected chi connectivity index (χ0v) is 11.7. The summed E-state index contributed by atoms with van der Waals surface area (Å²) in [6, 6.07) is 6.67. The second-order valence-electron chi connectivity index (χ2n) is 5.51. The number of aromatic hydroxyl groups is 1. The largest absolute Gasteiger partial charge is 0.508 e. The number of carboxylic acid groups (broad SMARTS) is 1. The lowest BCUT2D eigenvalue weighted by Gasteiger charge is -2.23. The molecule has 0 aliphatic heterocycles. The minimum Gasteiger partial charge on any atom is -0.508 e. The third-order valence-corrected chi connectivity index (χ3v) is 4.12. The Morgan fingerprint density at radius 2 is 1.81 bits per heavy atom. The van der Waals surface area contributed by atoms with Gasteiger partial charge in [0.15, 0.2) is 0 Å². The summed E-state index contributed by atoms with van der Waals surface area (Å²) in [6.45, 7) is 0. The smallest absolute Gasteiger partial charge is 0.339 e. The van der Waals surface area contributed by atoms with Crippen molar-refractivity contribution < 1.29 is 15.0 Å². The summed E-state index contributed by atoms with van der Waals surface area (Å²) >= 11 is 0. The molecule has 0 spiro atoms. The number of nitrogens with zero attached hydrogens (tertiary/aromatic N) is 2. The van der Waals surface area contributed by atoms with Crippen molar-refractivity contribution in [3.63, 3.8) is 0 Å². The minimum atomic E-state index is -0.930. The van der Waals surface area contributed by atoms with Crippen molar-refractivity contribution in [1.82, 2.24) is 9.78 Å². The van der Waals surface area contributed by atoms with Crippen LogP contribution >= 0.6 is 0 Å². The fourth-order valence-electron chi connectivity index (χ4n) is 3.09. The van der Waals surface area contributed by atoms with Crippen LogP contribution in [0.1, 0.15) is 54.1 Å². The van der Waals surface area contributed by atoms with Crippen molar-refractivity contribution in [2.45, 2.75) is 38.0 Å². The van der Waals surface area contributed by atoms with Crippen LogP contribution in [0.3, 0.4) is 0 Å². The Bertz CT molecular complexity index is 640. The highest BCUT2D eigenvalue weighted by Gasteiger charge is 2.26. The lowest BCUT2D eigenvalue weighted by molar-refractivity contribution is 0.0694. The first-order chi connectivity index (χ1) is 10.2. The molecule has 21 heavy (non-hydrogen) atoms. The van der Waals surface area contributed by atoms with Gasteiger partial charge in [0.05, 0.1) is 17.6 Å². The molecule has 5 heteroatoms. The summed E-state index contributed by atoms with van der Waals surface area (Å²) in [5.41, 5.74) is 1.85. The van der Waals surface area contributed by atoms with E-state index in [1.165, 1.54) is 12.6 Å². The summed E-state index contributed by atoms with van der Waals surface area (Å²) < 4.78 is 1.71. The molecule has 3 rings (SSSR count). The van der Waals surface area contributed by atoms with Gasteiger partial charge in [0.2, 0.25) is 0 Å². The predicted octanol–water partition coefficient (Wildman–Crippen LogP) is 3.32. The summed E-state index contributed by atoms with van der Waals surface area (Å²) in [6.07, 6.45) is 6.91. The number of phenolic OH excluding ortho intramolecular Hbond substituents is 1. The summed E-state index contributed by atoms with van der Waals surface area (Å²) in [4.78, 5) is 11.5. The summed E-state index contributed by atoms with van der Waals surface area (Å²) in [5, 5.41) is 23.1. The first kappa shape index (κ1) is 13.7. The van der Waals surface area contributed by atoms with E-state index in [1.54, 1.807) is 28.9 Å². The van der Waals surface area contributed by atoms with Crippen LogP contribution in [0.2, 0.25) is 0 Å². The molecule has 1 fully saturated rings. The fraction of sp³-hybridized carbons (Fsp3) is 0.375. The number of hydrogen-bond acceptors (Lipinski definition) is 3. The summed E-state index contributed by atoms with van der Waals surface area (Å²) in [5.74, 6) is -0.509. The molecule has 0 unspecified atom stereocenters. The highest BCUT2D eigenvalue weighted by Crippen LogP contribution is 2.35. The van der Waals surface area contributed by atoms with Crippen LogP contribution in [-0.2, 0) is 0 Å². The molecule has 110 valence electrons. The normalized spacial score (nSPS) is 16.0. The van der Waals surface area contributed by atoms with E-state index in [-0.39, 0.29) is 17.2 Å². The Balaban J connectivity index is 2.07. The van der Waals surface area contributed by atoms with Crippen molar-refractivity contribution in [3.8, 4) is 11.4 Å². The number of carboxylic acids is 1. The quantitative estimate of drug-likeness (QED) is 0.907. The van der Waals surface area contributed by atoms with Gasteiger partial charge in [0, 0.05) is 5.92 Å². The number of phenols is 1. The van der Waals surface area contributed by atoms with Gasteiger partial charge in [-0.3, -0.25) is 0 Å². The molecule has 1 aliphatic carbocycles. The van der Waals surface area contributed by atoms with E-state index >= 15 is 0 Å². The Morgan fingerprint density at radius 1 is 1.14 bits per heavy atom. The van der Waals surface area contributed by atoms with Gasteiger partial charge >= 0.3 is 5.97 Å². The molecule has 0 saturated heterocycles. The second-order valence-corrected chi connectivity index (χ2v) is 5.51. The summed E-state index contributed by atoms with van der Waals surface area (Å²) in [7, 11) is 0. The van der Waals surface area contributed by atoms with Gasteiger partial charge in [-0.2, -0.15) is 5.10 Å². The topological polar surface area (TPSA) is 75.3 Å². The SMILES string of the molecule is O=C(O)c1cnn(-c2ccc(O)cc2)c1C1CCCCC1. The average Bonchev–Trinajstić information content (AvgIpc) is 2.94. The molecular weight excluding hydrogens is 268 g/mol. The first-order valence-corrected chi connectivity index (χ1v) is 7.27. The van der Waals surface area contributed by atoms with Crippen LogP contribution in [0.25, 0.3) is 5.69 Å². The second kappa shape index (κ2) is 5.60. The Labute approximate surface area is 122 Å². The van der Waals surface area contributed by atoms with E-state index in [4.69, 9.17) is 0 Å². The van der Waals surface area contributed by atoms with Gasteiger partial charge in [-0.15, -0.1) is 0 Å². The molecule has 1 saturated carbocycles. The number of aromatic nitrogens is 2. The molecule has 1 aliphatic rings. The number of carbonyl (C=O) groups is 1. The van der Waals surface area contributed by atoms with E-state index in [0.717, 1.165) is 37.1 Å². The molecule has 0 radical (unpaired) electrons. The van der Waals surface area contributed by atoms with Gasteiger partial charge in [0.1, 0.15) is 11.3 Å². The molecule has 2 N–H and O–H groups in total. The van der Waals surface area contributed by atoms with Crippen LogP contribution in [0.4, 0.5) is 0 Å². The maximum atomic E-state index is 11.5. The highest BCUT2D eigenvalue weighted by atomic mass is 16.4. The highest BCUT2D eigenvalue weighted by molar-refractivity contribution is 5.89. The molecule has 0 amide bonds. The average molecular weight is 286 g/mol. The number of rotatable bonds is 3. The maximum Gasteiger partial charge on any atom is 0.339 e. The van der Waals surface area contributed by atoms with E-state index in [0.29, 0.717) is 0 Å². The molecule has 1 aromatic heterocycles. The monoisotopic (exact) mass is 286 g/mol. The molecular formula is C16H18N2O3. The van der Waals surface area contributed by atoms with E-state index in [9.17, 15) is 15.0 Å². The van der Waals surface area contributed by atoms with Crippen LogP contribution < -0.4 is 0 Å². The van der Waals surface area contributed by atoms with Gasteiger partial charge in [-0.05, 0) is 37.1 Å². The fourth-order valence-corrected chi connectivity index (χ4v) is 3.09. The minimum absolute atomic E-state index is 0.184. The number of aromatic carboxylic acids is 1. The molecule has 1 aromatic carbocycles. The van der Waals surface area contributed by atoms with Gasteiger partial charge in [0.25, 0.3) is 0 Å². The molecule has 0 bridgehead atoms. The van der Waals surface area contributed by atoms with Crippen molar-refractivity contribution in [2.75, 3.05) is 0 Å². The first-order valence-electron chi connectivity index (χ1n) is 7.27. The molecule has 0 atom stereocenters. The number of benzene rings is 1. The van der Waals surface area contributed by atoms with Crippen molar-refractivity contribution in [1.29, 1.82) is 0 Å². The van der Waals surface area contributed by atoms with Gasteiger partial charge in [-0.1, -0.05) is 19.3 Å². The number of hydrogen-bond donors (Lipinski definition) is 2. The molecule has 5 nitrogen and oxygen atoms in total. The van der Waals surface area contributed by atoms with E-state index in [2.05, 4.69) is 5.10 Å². The van der Waals surface area contributed by atoms with E-state index < -0.39 is 5.97 Å². The van der Waals surface area contributed by atoms with Crippen LogP contribution in [-0.4, -0.2) is 26.0 Å². The molecule has 2 aromatic rings.